The van der Waals surface area contributed by atoms with Crippen LogP contribution in [0.1, 0.15) is 0 Å². The molecule has 1 saturated heterocycles. The molecule has 1 aromatic carbocycles. The Morgan fingerprint density at radius 3 is 2.64 bits per heavy atom. The minimum Gasteiger partial charge on any atom is -0.398 e. The van der Waals surface area contributed by atoms with E-state index < -0.39 is 7.82 Å². The Balaban J connectivity index is 2.12. The smallest absolute Gasteiger partial charge is 0.398 e. The predicted molar refractivity (Wildman–Crippen MR) is 50.9 cm³/mol. The normalized spacial score (nSPS) is 25.9. The van der Waals surface area contributed by atoms with Gasteiger partial charge in [-0.3, -0.25) is 4.52 Å². The molecular formula is C9H9O4P. The summed E-state index contributed by atoms with van der Waals surface area (Å²) in [6, 6.07) is 8.72. The molecule has 1 unspecified atom stereocenters. The molecule has 0 N–H and O–H groups in total. The minimum absolute atomic E-state index is 0.115. The second kappa shape index (κ2) is 3.48. The molecule has 0 amide bonds. The second-order valence-corrected chi connectivity index (χ2v) is 4.27. The van der Waals surface area contributed by atoms with E-state index in [1.807, 2.05) is 6.07 Å². The van der Waals surface area contributed by atoms with Gasteiger partial charge in [0.2, 0.25) is 0 Å². The highest BCUT2D eigenvalue weighted by Crippen LogP contribution is 2.55. The van der Waals surface area contributed by atoms with Gasteiger partial charge in [-0.15, -0.1) is 0 Å². The molecule has 0 saturated carbocycles. The third-order valence-electron chi connectivity index (χ3n) is 1.58. The number of phosphoric acid groups is 1. The summed E-state index contributed by atoms with van der Waals surface area (Å²) in [6.07, 6.45) is 0. The first-order chi connectivity index (χ1) is 6.68. The molecule has 2 rings (SSSR count). The van der Waals surface area contributed by atoms with Crippen molar-refractivity contribution in [3.05, 3.63) is 42.7 Å². The average molecular weight is 212 g/mol. The van der Waals surface area contributed by atoms with Crippen LogP contribution in [0.25, 0.3) is 0 Å². The maximum atomic E-state index is 11.7. The molecule has 1 fully saturated rings. The molecule has 1 aromatic rings. The number of hydrogen-bond donors (Lipinski definition) is 0. The Labute approximate surface area is 81.7 Å². The molecule has 0 radical (unpaired) electrons. The van der Waals surface area contributed by atoms with E-state index in [1.54, 1.807) is 24.3 Å². The van der Waals surface area contributed by atoms with Crippen LogP contribution in [-0.2, 0) is 13.6 Å². The second-order valence-electron chi connectivity index (χ2n) is 2.75. The van der Waals surface area contributed by atoms with Crippen molar-refractivity contribution in [1.82, 2.24) is 0 Å². The van der Waals surface area contributed by atoms with Crippen LogP contribution < -0.4 is 4.52 Å². The van der Waals surface area contributed by atoms with Crippen LogP contribution in [0.2, 0.25) is 0 Å². The zero-order chi connectivity index (χ0) is 10.0. The van der Waals surface area contributed by atoms with Crippen molar-refractivity contribution in [2.45, 2.75) is 0 Å². The van der Waals surface area contributed by atoms with Crippen molar-refractivity contribution >= 4 is 7.82 Å². The van der Waals surface area contributed by atoms with Crippen molar-refractivity contribution < 1.29 is 18.1 Å². The molecule has 74 valence electrons. The molecular weight excluding hydrogens is 203 g/mol. The van der Waals surface area contributed by atoms with Crippen LogP contribution in [0, 0.1) is 0 Å². The Hall–Kier alpha value is -1.25. The van der Waals surface area contributed by atoms with Crippen LogP contribution in [0.15, 0.2) is 42.7 Å². The van der Waals surface area contributed by atoms with E-state index in [0.29, 0.717) is 11.5 Å². The van der Waals surface area contributed by atoms with Gasteiger partial charge in [0.25, 0.3) is 0 Å². The average Bonchev–Trinajstić information content (AvgIpc) is 2.47. The Morgan fingerprint density at radius 1 is 1.36 bits per heavy atom. The maximum absolute atomic E-state index is 11.7. The maximum Gasteiger partial charge on any atom is 0.587 e. The first-order valence-electron chi connectivity index (χ1n) is 4.05. The quantitative estimate of drug-likeness (QED) is 0.707. The third kappa shape index (κ3) is 1.97. The van der Waals surface area contributed by atoms with Crippen LogP contribution in [0.3, 0.4) is 0 Å². The summed E-state index contributed by atoms with van der Waals surface area (Å²) in [5.74, 6) is 0.773. The third-order valence-corrected chi connectivity index (χ3v) is 2.95. The first-order valence-corrected chi connectivity index (χ1v) is 5.51. The van der Waals surface area contributed by atoms with Crippen molar-refractivity contribution in [3.63, 3.8) is 0 Å². The van der Waals surface area contributed by atoms with Gasteiger partial charge in [0.1, 0.15) is 18.1 Å². The van der Waals surface area contributed by atoms with Gasteiger partial charge in [-0.1, -0.05) is 24.8 Å². The Kier molecular flexibility index (Phi) is 2.32. The Bertz CT molecular complexity index is 387. The van der Waals surface area contributed by atoms with Crippen LogP contribution in [0.5, 0.6) is 5.75 Å². The van der Waals surface area contributed by atoms with Crippen molar-refractivity contribution in [1.29, 1.82) is 0 Å². The lowest BCUT2D eigenvalue weighted by Gasteiger charge is -2.09. The highest BCUT2D eigenvalue weighted by atomic mass is 31.2. The molecule has 1 aliphatic rings. The lowest BCUT2D eigenvalue weighted by Crippen LogP contribution is -1.91. The topological polar surface area (TPSA) is 44.8 Å². The molecule has 4 nitrogen and oxygen atoms in total. The van der Waals surface area contributed by atoms with E-state index in [-0.39, 0.29) is 6.61 Å². The monoisotopic (exact) mass is 212 g/mol. The largest absolute Gasteiger partial charge is 0.587 e. The zero-order valence-electron chi connectivity index (χ0n) is 7.38. The number of hydrogen-bond acceptors (Lipinski definition) is 4. The lowest BCUT2D eigenvalue weighted by molar-refractivity contribution is 0.275. The zero-order valence-corrected chi connectivity index (χ0v) is 8.28. The lowest BCUT2D eigenvalue weighted by atomic mass is 10.3. The van der Waals surface area contributed by atoms with E-state index in [1.165, 1.54) is 0 Å². The van der Waals surface area contributed by atoms with Crippen molar-refractivity contribution in [3.8, 4) is 5.75 Å². The van der Waals surface area contributed by atoms with Crippen LogP contribution >= 0.6 is 7.82 Å². The number of para-hydroxylation sites is 1. The van der Waals surface area contributed by atoms with Gasteiger partial charge in [-0.05, 0) is 12.1 Å². The van der Waals surface area contributed by atoms with Gasteiger partial charge in [0.05, 0.1) is 0 Å². The fraction of sp³-hybridized carbons (Fsp3) is 0.111. The highest BCUT2D eigenvalue weighted by Gasteiger charge is 2.37. The van der Waals surface area contributed by atoms with Gasteiger partial charge in [-0.2, -0.15) is 0 Å². The minimum atomic E-state index is -3.45. The summed E-state index contributed by atoms with van der Waals surface area (Å²) in [5.41, 5.74) is 0. The van der Waals surface area contributed by atoms with Crippen LogP contribution in [0.4, 0.5) is 0 Å². The van der Waals surface area contributed by atoms with Crippen molar-refractivity contribution in [2.24, 2.45) is 0 Å². The van der Waals surface area contributed by atoms with Crippen LogP contribution in [-0.4, -0.2) is 6.61 Å². The summed E-state index contributed by atoms with van der Waals surface area (Å²) < 4.78 is 26.5. The summed E-state index contributed by atoms with van der Waals surface area (Å²) in [7, 11) is -3.45. The van der Waals surface area contributed by atoms with E-state index in [2.05, 4.69) is 6.58 Å². The van der Waals surface area contributed by atoms with Gasteiger partial charge < -0.3 is 9.05 Å². The summed E-state index contributed by atoms with van der Waals surface area (Å²) in [5, 5.41) is 0. The predicted octanol–water partition coefficient (Wildman–Crippen LogP) is 2.73. The number of rotatable bonds is 2. The van der Waals surface area contributed by atoms with Crippen molar-refractivity contribution in [2.75, 3.05) is 6.61 Å². The number of phosphoric ester groups is 1. The SMILES string of the molecule is C=C1COP(=O)(Oc2ccccc2)O1. The molecule has 0 bridgehead atoms. The first kappa shape index (κ1) is 9.31. The molecule has 0 aromatic heterocycles. The van der Waals surface area contributed by atoms with E-state index in [4.69, 9.17) is 13.6 Å². The Morgan fingerprint density at radius 2 is 2.07 bits per heavy atom. The fourth-order valence-corrected chi connectivity index (χ4v) is 2.21. The van der Waals surface area contributed by atoms with Gasteiger partial charge in [0.15, 0.2) is 0 Å². The summed E-state index contributed by atoms with van der Waals surface area (Å²) in [4.78, 5) is 0. The fourth-order valence-electron chi connectivity index (χ4n) is 1.02. The van der Waals surface area contributed by atoms with Gasteiger partial charge in [-0.25, -0.2) is 4.57 Å². The highest BCUT2D eigenvalue weighted by molar-refractivity contribution is 7.49. The van der Waals surface area contributed by atoms with Gasteiger partial charge >= 0.3 is 7.82 Å². The van der Waals surface area contributed by atoms with E-state index >= 15 is 0 Å². The summed E-state index contributed by atoms with van der Waals surface area (Å²) >= 11 is 0. The molecule has 0 spiro atoms. The summed E-state index contributed by atoms with van der Waals surface area (Å²) in [6.45, 7) is 3.61. The molecule has 1 heterocycles. The number of benzene rings is 1. The molecule has 0 aliphatic carbocycles. The van der Waals surface area contributed by atoms with E-state index in [0.717, 1.165) is 0 Å². The molecule has 14 heavy (non-hydrogen) atoms. The van der Waals surface area contributed by atoms with E-state index in [9.17, 15) is 4.57 Å². The molecule has 5 heteroatoms. The molecule has 1 aliphatic heterocycles. The standard InChI is InChI=1S/C9H9O4P/c1-8-7-11-14(10,12-8)13-9-5-3-2-4-6-9/h2-6H,1,7H2. The van der Waals surface area contributed by atoms with Gasteiger partial charge in [0, 0.05) is 0 Å². The molecule has 1 atom stereocenters.